The molecular formula is C12H15NO2. The first-order valence-corrected chi connectivity index (χ1v) is 5.28. The van der Waals surface area contributed by atoms with E-state index in [0.717, 1.165) is 18.4 Å². The molecule has 0 saturated heterocycles. The molecule has 0 heterocycles. The maximum Gasteiger partial charge on any atom is 0.321 e. The van der Waals surface area contributed by atoms with Gasteiger partial charge in [-0.2, -0.15) is 0 Å². The third kappa shape index (κ3) is 3.06. The van der Waals surface area contributed by atoms with Gasteiger partial charge in [0.1, 0.15) is 6.04 Å². The second-order valence-electron chi connectivity index (χ2n) is 4.02. The van der Waals surface area contributed by atoms with Gasteiger partial charge in [-0.25, -0.2) is 0 Å². The van der Waals surface area contributed by atoms with Gasteiger partial charge in [0.2, 0.25) is 0 Å². The Morgan fingerprint density at radius 1 is 1.40 bits per heavy atom. The molecule has 0 spiro atoms. The van der Waals surface area contributed by atoms with Crippen LogP contribution < -0.4 is 5.32 Å². The number of carboxylic acid groups (broad SMARTS) is 1. The van der Waals surface area contributed by atoms with Crippen molar-refractivity contribution in [3.8, 4) is 0 Å². The highest BCUT2D eigenvalue weighted by molar-refractivity contribution is 5.74. The molecule has 1 aromatic carbocycles. The lowest BCUT2D eigenvalue weighted by molar-refractivity contribution is -0.139. The Morgan fingerprint density at radius 2 is 2.07 bits per heavy atom. The number of benzene rings is 1. The highest BCUT2D eigenvalue weighted by Gasteiger charge is 2.28. The molecule has 0 aliphatic heterocycles. The molecule has 0 amide bonds. The van der Waals surface area contributed by atoms with Crippen molar-refractivity contribution in [1.29, 1.82) is 0 Å². The van der Waals surface area contributed by atoms with Gasteiger partial charge >= 0.3 is 5.97 Å². The number of carboxylic acids is 1. The minimum Gasteiger partial charge on any atom is -0.480 e. The zero-order valence-corrected chi connectivity index (χ0v) is 8.52. The molecule has 15 heavy (non-hydrogen) atoms. The van der Waals surface area contributed by atoms with E-state index in [4.69, 9.17) is 5.11 Å². The topological polar surface area (TPSA) is 49.3 Å². The van der Waals surface area contributed by atoms with E-state index in [1.165, 1.54) is 0 Å². The molecule has 1 aromatic rings. The number of rotatable bonds is 5. The fourth-order valence-electron chi connectivity index (χ4n) is 1.60. The highest BCUT2D eigenvalue weighted by Crippen LogP contribution is 2.20. The second kappa shape index (κ2) is 4.45. The maximum absolute atomic E-state index is 11.0. The zero-order valence-electron chi connectivity index (χ0n) is 8.52. The molecule has 1 saturated carbocycles. The van der Waals surface area contributed by atoms with Crippen molar-refractivity contribution >= 4 is 5.97 Å². The molecule has 3 nitrogen and oxygen atoms in total. The summed E-state index contributed by atoms with van der Waals surface area (Å²) in [5.74, 6) is -0.759. The van der Waals surface area contributed by atoms with Crippen molar-refractivity contribution < 1.29 is 9.90 Å². The van der Waals surface area contributed by atoms with Crippen molar-refractivity contribution in [3.63, 3.8) is 0 Å². The monoisotopic (exact) mass is 205 g/mol. The Labute approximate surface area is 89.1 Å². The van der Waals surface area contributed by atoms with E-state index >= 15 is 0 Å². The molecule has 1 aliphatic carbocycles. The molecule has 0 unspecified atom stereocenters. The first-order valence-electron chi connectivity index (χ1n) is 5.28. The Hall–Kier alpha value is -1.35. The fraction of sp³-hybridized carbons (Fsp3) is 0.417. The van der Waals surface area contributed by atoms with Gasteiger partial charge in [-0.3, -0.25) is 4.79 Å². The molecule has 80 valence electrons. The smallest absolute Gasteiger partial charge is 0.321 e. The van der Waals surface area contributed by atoms with Crippen LogP contribution in [0, 0.1) is 0 Å². The number of nitrogens with one attached hydrogen (secondary N) is 1. The molecule has 2 rings (SSSR count). The Balaban J connectivity index is 1.96. The summed E-state index contributed by atoms with van der Waals surface area (Å²) in [5.41, 5.74) is 1.07. The van der Waals surface area contributed by atoms with E-state index in [2.05, 4.69) is 5.32 Å². The summed E-state index contributed by atoms with van der Waals surface area (Å²) in [6, 6.07) is 9.72. The van der Waals surface area contributed by atoms with Gasteiger partial charge in [-0.05, 0) is 24.8 Å². The number of aliphatic carboxylic acids is 1. The molecule has 1 fully saturated rings. The van der Waals surface area contributed by atoms with E-state index in [1.54, 1.807) is 0 Å². The van der Waals surface area contributed by atoms with Crippen molar-refractivity contribution in [3.05, 3.63) is 35.9 Å². The lowest BCUT2D eigenvalue weighted by Crippen LogP contribution is -2.39. The van der Waals surface area contributed by atoms with Gasteiger partial charge in [0.15, 0.2) is 0 Å². The fourth-order valence-corrected chi connectivity index (χ4v) is 1.60. The zero-order chi connectivity index (χ0) is 10.7. The molecule has 0 aromatic heterocycles. The van der Waals surface area contributed by atoms with Crippen molar-refractivity contribution in [1.82, 2.24) is 5.32 Å². The average Bonchev–Trinajstić information content (AvgIpc) is 3.02. The summed E-state index contributed by atoms with van der Waals surface area (Å²) in [4.78, 5) is 11.0. The quantitative estimate of drug-likeness (QED) is 0.764. The van der Waals surface area contributed by atoms with Crippen LogP contribution in [0.25, 0.3) is 0 Å². The van der Waals surface area contributed by atoms with Crippen molar-refractivity contribution in [2.45, 2.75) is 31.3 Å². The van der Waals surface area contributed by atoms with E-state index in [0.29, 0.717) is 12.5 Å². The predicted octanol–water partition coefficient (Wildman–Crippen LogP) is 1.43. The third-order valence-corrected chi connectivity index (χ3v) is 2.59. The van der Waals surface area contributed by atoms with Crippen LogP contribution in [0.15, 0.2) is 30.3 Å². The normalized spacial score (nSPS) is 17.3. The first-order chi connectivity index (χ1) is 7.25. The predicted molar refractivity (Wildman–Crippen MR) is 57.7 cm³/mol. The van der Waals surface area contributed by atoms with Crippen LogP contribution in [0.4, 0.5) is 0 Å². The number of hydrogen-bond acceptors (Lipinski definition) is 2. The van der Waals surface area contributed by atoms with Crippen LogP contribution in [0.2, 0.25) is 0 Å². The van der Waals surface area contributed by atoms with E-state index in [1.807, 2.05) is 30.3 Å². The van der Waals surface area contributed by atoms with Gasteiger partial charge in [0.25, 0.3) is 0 Å². The van der Waals surface area contributed by atoms with Crippen molar-refractivity contribution in [2.24, 2.45) is 0 Å². The van der Waals surface area contributed by atoms with Gasteiger partial charge < -0.3 is 10.4 Å². The van der Waals surface area contributed by atoms with Crippen LogP contribution in [-0.4, -0.2) is 23.2 Å². The second-order valence-corrected chi connectivity index (χ2v) is 4.02. The van der Waals surface area contributed by atoms with Crippen LogP contribution >= 0.6 is 0 Å². The molecule has 2 N–H and O–H groups in total. The standard InChI is InChI=1S/C12H15NO2/c14-12(15)11(13-10-6-7-10)8-9-4-2-1-3-5-9/h1-5,10-11,13H,6-8H2,(H,14,15)/t11-/m1/s1. The Kier molecular flexibility index (Phi) is 3.02. The van der Waals surface area contributed by atoms with Gasteiger partial charge in [-0.1, -0.05) is 30.3 Å². The first kappa shape index (κ1) is 10.2. The molecule has 0 radical (unpaired) electrons. The van der Waals surface area contributed by atoms with Crippen molar-refractivity contribution in [2.75, 3.05) is 0 Å². The summed E-state index contributed by atoms with van der Waals surface area (Å²) in [5, 5.41) is 12.2. The maximum atomic E-state index is 11.0. The SMILES string of the molecule is O=C(O)[C@@H](Cc1ccccc1)NC1CC1. The van der Waals surface area contributed by atoms with Gasteiger partial charge in [0.05, 0.1) is 0 Å². The summed E-state index contributed by atoms with van der Waals surface area (Å²) in [6.07, 6.45) is 2.78. The summed E-state index contributed by atoms with van der Waals surface area (Å²) in [7, 11) is 0. The molecule has 1 atom stereocenters. The van der Waals surface area contributed by atoms with E-state index < -0.39 is 12.0 Å². The number of carbonyl (C=O) groups is 1. The van der Waals surface area contributed by atoms with Crippen LogP contribution in [-0.2, 0) is 11.2 Å². The van der Waals surface area contributed by atoms with E-state index in [9.17, 15) is 4.79 Å². The molecule has 3 heteroatoms. The lowest BCUT2D eigenvalue weighted by atomic mass is 10.1. The summed E-state index contributed by atoms with van der Waals surface area (Å²) >= 11 is 0. The Morgan fingerprint density at radius 3 is 2.60 bits per heavy atom. The lowest BCUT2D eigenvalue weighted by Gasteiger charge is -2.13. The van der Waals surface area contributed by atoms with E-state index in [-0.39, 0.29) is 0 Å². The Bertz CT molecular complexity index is 333. The van der Waals surface area contributed by atoms with Crippen LogP contribution in [0.3, 0.4) is 0 Å². The minimum absolute atomic E-state index is 0.426. The molecular weight excluding hydrogens is 190 g/mol. The average molecular weight is 205 g/mol. The summed E-state index contributed by atoms with van der Waals surface area (Å²) in [6.45, 7) is 0. The highest BCUT2D eigenvalue weighted by atomic mass is 16.4. The third-order valence-electron chi connectivity index (χ3n) is 2.59. The largest absolute Gasteiger partial charge is 0.480 e. The molecule has 1 aliphatic rings. The van der Waals surface area contributed by atoms with Crippen LogP contribution in [0.5, 0.6) is 0 Å². The van der Waals surface area contributed by atoms with Crippen LogP contribution in [0.1, 0.15) is 18.4 Å². The molecule has 0 bridgehead atoms. The summed E-state index contributed by atoms with van der Waals surface area (Å²) < 4.78 is 0. The number of hydrogen-bond donors (Lipinski definition) is 2. The van der Waals surface area contributed by atoms with Gasteiger partial charge in [-0.15, -0.1) is 0 Å². The minimum atomic E-state index is -0.759. The van der Waals surface area contributed by atoms with Gasteiger partial charge in [0, 0.05) is 6.04 Å².